The van der Waals surface area contributed by atoms with Gasteiger partial charge in [0.25, 0.3) is 5.82 Å². The SMILES string of the molecule is CCCCCCCCCCCCCCCCCCCn1cc[n+](CCCc2ccccc2)c1CCCCC. The Balaban J connectivity index is 1.51. The molecule has 1 aromatic heterocycles. The van der Waals surface area contributed by atoms with Crippen molar-refractivity contribution in [1.29, 1.82) is 0 Å². The van der Waals surface area contributed by atoms with Crippen LogP contribution in [0.15, 0.2) is 42.7 Å². The van der Waals surface area contributed by atoms with Gasteiger partial charge >= 0.3 is 0 Å². The normalized spacial score (nSPS) is 11.4. The number of hydrogen-bond acceptors (Lipinski definition) is 0. The quantitative estimate of drug-likeness (QED) is 0.0856. The lowest BCUT2D eigenvalue weighted by Crippen LogP contribution is -2.37. The van der Waals surface area contributed by atoms with Crippen molar-refractivity contribution in [3.63, 3.8) is 0 Å². The maximum atomic E-state index is 2.57. The molecule has 38 heavy (non-hydrogen) atoms. The third-order valence-electron chi connectivity index (χ3n) is 8.30. The maximum absolute atomic E-state index is 2.57. The number of aromatic nitrogens is 2. The molecule has 2 rings (SSSR count). The molecule has 2 heteroatoms. The lowest BCUT2D eigenvalue weighted by atomic mass is 10.0. The molecule has 0 bridgehead atoms. The number of hydrogen-bond donors (Lipinski definition) is 0. The van der Waals surface area contributed by atoms with Gasteiger partial charge < -0.3 is 0 Å². The lowest BCUT2D eigenvalue weighted by Gasteiger charge is -2.07. The molecular formula is C36H63N2+. The predicted octanol–water partition coefficient (Wildman–Crippen LogP) is 10.8. The van der Waals surface area contributed by atoms with Crippen LogP contribution in [0.25, 0.3) is 0 Å². The Morgan fingerprint density at radius 1 is 0.526 bits per heavy atom. The third kappa shape index (κ3) is 15.7. The number of benzene rings is 1. The topological polar surface area (TPSA) is 8.81 Å². The summed E-state index contributed by atoms with van der Waals surface area (Å²) in [7, 11) is 0. The first-order chi connectivity index (χ1) is 18.8. The molecule has 0 amide bonds. The van der Waals surface area contributed by atoms with E-state index in [-0.39, 0.29) is 0 Å². The second kappa shape index (κ2) is 23.3. The van der Waals surface area contributed by atoms with Crippen LogP contribution in [-0.2, 0) is 25.9 Å². The Bertz CT molecular complexity index is 763. The Labute approximate surface area is 237 Å². The molecule has 0 spiro atoms. The molecular weight excluding hydrogens is 460 g/mol. The van der Waals surface area contributed by atoms with Gasteiger partial charge in [-0.05, 0) is 37.7 Å². The highest BCUT2D eigenvalue weighted by Gasteiger charge is 2.16. The van der Waals surface area contributed by atoms with Crippen LogP contribution in [0.3, 0.4) is 0 Å². The van der Waals surface area contributed by atoms with Gasteiger partial charge in [-0.15, -0.1) is 0 Å². The molecule has 0 saturated heterocycles. The van der Waals surface area contributed by atoms with E-state index in [0.717, 1.165) is 6.54 Å². The smallest absolute Gasteiger partial charge is 0.234 e. The van der Waals surface area contributed by atoms with E-state index in [9.17, 15) is 0 Å². The van der Waals surface area contributed by atoms with Gasteiger partial charge in [-0.2, -0.15) is 0 Å². The molecule has 1 aromatic carbocycles. The first-order valence-corrected chi connectivity index (χ1v) is 17.0. The van der Waals surface area contributed by atoms with Crippen LogP contribution in [-0.4, -0.2) is 4.57 Å². The van der Waals surface area contributed by atoms with Crippen LogP contribution >= 0.6 is 0 Å². The zero-order valence-electron chi connectivity index (χ0n) is 25.6. The van der Waals surface area contributed by atoms with Crippen LogP contribution in [0.4, 0.5) is 0 Å². The maximum Gasteiger partial charge on any atom is 0.256 e. The summed E-state index contributed by atoms with van der Waals surface area (Å²) < 4.78 is 5.12. The molecule has 0 fully saturated rings. The van der Waals surface area contributed by atoms with Gasteiger partial charge in [-0.1, -0.05) is 153 Å². The molecule has 0 radical (unpaired) electrons. The summed E-state index contributed by atoms with van der Waals surface area (Å²) >= 11 is 0. The standard InChI is InChI=1S/C36H63N2/c1-3-5-7-8-9-10-11-12-13-14-15-16-17-18-19-20-25-31-37-33-34-38(36(37)30-22-6-4-2)32-26-29-35-27-23-21-24-28-35/h21,23-24,27-28,33-34H,3-20,22,25-26,29-32H2,1-2H3/q+1. The monoisotopic (exact) mass is 523 g/mol. The highest BCUT2D eigenvalue weighted by Crippen LogP contribution is 2.15. The number of nitrogens with zero attached hydrogens (tertiary/aromatic N) is 2. The van der Waals surface area contributed by atoms with Crippen molar-refractivity contribution in [3.8, 4) is 0 Å². The minimum Gasteiger partial charge on any atom is -0.234 e. The molecule has 2 nitrogen and oxygen atoms in total. The predicted molar refractivity (Wildman–Crippen MR) is 167 cm³/mol. The van der Waals surface area contributed by atoms with E-state index < -0.39 is 0 Å². The summed E-state index contributed by atoms with van der Waals surface area (Å²) in [6.07, 6.45) is 36.8. The van der Waals surface area contributed by atoms with Crippen LogP contribution in [0, 0.1) is 0 Å². The second-order valence-corrected chi connectivity index (χ2v) is 11.8. The lowest BCUT2D eigenvalue weighted by molar-refractivity contribution is -0.704. The molecule has 0 aliphatic heterocycles. The molecule has 0 saturated carbocycles. The van der Waals surface area contributed by atoms with Gasteiger partial charge in [0.15, 0.2) is 0 Å². The summed E-state index contributed by atoms with van der Waals surface area (Å²) in [5, 5.41) is 0. The van der Waals surface area contributed by atoms with Gasteiger partial charge in [-0.25, -0.2) is 9.13 Å². The van der Waals surface area contributed by atoms with Crippen molar-refractivity contribution in [2.45, 2.75) is 175 Å². The van der Waals surface area contributed by atoms with Crippen LogP contribution in [0.5, 0.6) is 0 Å². The second-order valence-electron chi connectivity index (χ2n) is 11.8. The van der Waals surface area contributed by atoms with Crippen LogP contribution in [0.2, 0.25) is 0 Å². The zero-order valence-corrected chi connectivity index (χ0v) is 25.6. The molecule has 0 atom stereocenters. The van der Waals surface area contributed by atoms with E-state index in [1.807, 2.05) is 0 Å². The van der Waals surface area contributed by atoms with Crippen molar-refractivity contribution in [2.75, 3.05) is 0 Å². The summed E-state index contributed by atoms with van der Waals surface area (Å²) in [5.41, 5.74) is 1.46. The average molecular weight is 524 g/mol. The zero-order chi connectivity index (χ0) is 26.9. The molecule has 0 aliphatic carbocycles. The van der Waals surface area contributed by atoms with Crippen LogP contribution < -0.4 is 4.57 Å². The van der Waals surface area contributed by atoms with Crippen molar-refractivity contribution >= 4 is 0 Å². The molecule has 2 aromatic rings. The minimum atomic E-state index is 1.14. The number of imidazole rings is 1. The van der Waals surface area contributed by atoms with Gasteiger partial charge in [-0.3, -0.25) is 0 Å². The Kier molecular flexibility index (Phi) is 20.0. The van der Waals surface area contributed by atoms with E-state index in [0.29, 0.717) is 0 Å². The summed E-state index contributed by atoms with van der Waals surface area (Å²) in [5.74, 6) is 1.56. The Morgan fingerprint density at radius 3 is 1.58 bits per heavy atom. The first kappa shape index (κ1) is 32.6. The van der Waals surface area contributed by atoms with Crippen molar-refractivity contribution < 1.29 is 4.57 Å². The van der Waals surface area contributed by atoms with E-state index in [2.05, 4.69) is 65.7 Å². The highest BCUT2D eigenvalue weighted by molar-refractivity contribution is 5.14. The van der Waals surface area contributed by atoms with Crippen molar-refractivity contribution in [1.82, 2.24) is 4.57 Å². The largest absolute Gasteiger partial charge is 0.256 e. The summed E-state index contributed by atoms with van der Waals surface area (Å²) in [4.78, 5) is 0. The van der Waals surface area contributed by atoms with E-state index >= 15 is 0 Å². The fourth-order valence-electron chi connectivity index (χ4n) is 5.83. The first-order valence-electron chi connectivity index (χ1n) is 17.0. The van der Waals surface area contributed by atoms with Crippen molar-refractivity contribution in [3.05, 3.63) is 54.1 Å². The van der Waals surface area contributed by atoms with Crippen molar-refractivity contribution in [2.24, 2.45) is 0 Å². The van der Waals surface area contributed by atoms with Crippen LogP contribution in [0.1, 0.15) is 160 Å². The van der Waals surface area contributed by atoms with Gasteiger partial charge in [0.05, 0.1) is 13.1 Å². The Morgan fingerprint density at radius 2 is 1.03 bits per heavy atom. The van der Waals surface area contributed by atoms with Gasteiger partial charge in [0.1, 0.15) is 12.4 Å². The number of unbranched alkanes of at least 4 members (excludes halogenated alkanes) is 18. The molecule has 216 valence electrons. The fraction of sp³-hybridized carbons (Fsp3) is 0.750. The number of aryl methyl sites for hydroxylation is 3. The van der Waals surface area contributed by atoms with E-state index in [1.54, 1.807) is 5.82 Å². The molecule has 0 aliphatic rings. The highest BCUT2D eigenvalue weighted by atomic mass is 15.1. The molecule has 1 heterocycles. The fourth-order valence-corrected chi connectivity index (χ4v) is 5.83. The molecule has 0 N–H and O–H groups in total. The average Bonchev–Trinajstić information content (AvgIpc) is 3.32. The van der Waals surface area contributed by atoms with E-state index in [4.69, 9.17) is 0 Å². The van der Waals surface area contributed by atoms with E-state index in [1.165, 1.54) is 160 Å². The third-order valence-corrected chi connectivity index (χ3v) is 8.30. The summed E-state index contributed by atoms with van der Waals surface area (Å²) in [6.45, 7) is 6.96. The summed E-state index contributed by atoms with van der Waals surface area (Å²) in [6, 6.07) is 11.0. The minimum absolute atomic E-state index is 1.14. The van der Waals surface area contributed by atoms with Gasteiger partial charge in [0, 0.05) is 6.42 Å². The Hall–Kier alpha value is -1.57. The molecule has 0 unspecified atom stereocenters. The number of rotatable bonds is 26. The van der Waals surface area contributed by atoms with Gasteiger partial charge in [0.2, 0.25) is 0 Å².